The molecule has 0 fully saturated rings. The zero-order chi connectivity index (χ0) is 31.1. The molecule has 9 nitrogen and oxygen atoms in total. The Morgan fingerprint density at radius 3 is 2.02 bits per heavy atom. The number of nitrogens with one attached hydrogen (secondary N) is 4. The van der Waals surface area contributed by atoms with Crippen LogP contribution in [0.1, 0.15) is 61.3 Å². The maximum absolute atomic E-state index is 16.5. The van der Waals surface area contributed by atoms with Gasteiger partial charge in [-0.05, 0) is 22.7 Å². The van der Waals surface area contributed by atoms with Crippen molar-refractivity contribution in [1.29, 1.82) is 0 Å². The summed E-state index contributed by atoms with van der Waals surface area (Å²) >= 11 is 6.61. The molecule has 3 atom stereocenters. The number of allylic oxidation sites excluding steroid dienone is 2. The van der Waals surface area contributed by atoms with Crippen LogP contribution in [0.2, 0.25) is 0 Å². The van der Waals surface area contributed by atoms with Gasteiger partial charge in [0.15, 0.2) is 17.9 Å². The van der Waals surface area contributed by atoms with Gasteiger partial charge in [-0.1, -0.05) is 60.1 Å². The Hall–Kier alpha value is -2.82. The van der Waals surface area contributed by atoms with Gasteiger partial charge in [0.25, 0.3) is 0 Å². The molecule has 0 aromatic carbocycles. The summed E-state index contributed by atoms with van der Waals surface area (Å²) in [5, 5.41) is 13.2. The summed E-state index contributed by atoms with van der Waals surface area (Å²) in [4.78, 5) is 17.4. The zero-order valence-corrected chi connectivity index (χ0v) is 27.3. The van der Waals surface area contributed by atoms with Crippen LogP contribution in [0, 0.1) is 16.2 Å². The van der Waals surface area contributed by atoms with E-state index in [0.29, 0.717) is 40.7 Å². The van der Waals surface area contributed by atoms with Gasteiger partial charge in [0, 0.05) is 47.9 Å². The Morgan fingerprint density at radius 2 is 1.49 bits per heavy atom. The van der Waals surface area contributed by atoms with Crippen molar-refractivity contribution in [3.8, 4) is 0 Å². The molecule has 0 bridgehead atoms. The average Bonchev–Trinajstić information content (AvgIpc) is 2.85. The molecule has 3 aliphatic heterocycles. The van der Waals surface area contributed by atoms with Gasteiger partial charge in [0.1, 0.15) is 11.7 Å². The first kappa shape index (κ1) is 32.7. The number of aliphatic imine (C=N–C) groups is 3. The molecule has 41 heavy (non-hydrogen) atoms. The van der Waals surface area contributed by atoms with Gasteiger partial charge in [0.2, 0.25) is 0 Å². The van der Waals surface area contributed by atoms with Crippen LogP contribution in [0.4, 0.5) is 8.78 Å². The Morgan fingerprint density at radius 1 is 0.878 bits per heavy atom. The third-order valence-corrected chi connectivity index (χ3v) is 8.02. The molecule has 230 valence electrons. The average molecular weight is 596 g/mol. The lowest BCUT2D eigenvalue weighted by Gasteiger charge is -2.42. The van der Waals surface area contributed by atoms with Crippen molar-refractivity contribution >= 4 is 29.5 Å². The number of rotatable bonds is 6. The SMILES string of the molecule is CN=C1NC(CC(C)(C)C2NC(N(C)C)=NC(CC(C)(C)C3N=C(N(C)C)NC=C3Cl)=C2F)=C(F)C(C(C)(C)C)N1. The van der Waals surface area contributed by atoms with Gasteiger partial charge in [-0.3, -0.25) is 4.99 Å². The van der Waals surface area contributed by atoms with Crippen LogP contribution in [0.5, 0.6) is 0 Å². The van der Waals surface area contributed by atoms with E-state index in [-0.39, 0.29) is 24.1 Å². The highest BCUT2D eigenvalue weighted by Gasteiger charge is 2.44. The van der Waals surface area contributed by atoms with Crippen molar-refractivity contribution in [3.05, 3.63) is 34.3 Å². The van der Waals surface area contributed by atoms with E-state index in [1.807, 2.05) is 86.5 Å². The van der Waals surface area contributed by atoms with E-state index in [0.717, 1.165) is 0 Å². The molecule has 3 unspecified atom stereocenters. The second kappa shape index (κ2) is 11.8. The lowest BCUT2D eigenvalue weighted by Crippen LogP contribution is -2.56. The first-order valence-corrected chi connectivity index (χ1v) is 14.3. The third-order valence-electron chi connectivity index (χ3n) is 7.70. The summed E-state index contributed by atoms with van der Waals surface area (Å²) < 4.78 is 32.4. The molecule has 0 radical (unpaired) electrons. The molecule has 4 N–H and O–H groups in total. The summed E-state index contributed by atoms with van der Waals surface area (Å²) in [6, 6.07) is -1.70. The lowest BCUT2D eigenvalue weighted by atomic mass is 9.75. The van der Waals surface area contributed by atoms with Crippen molar-refractivity contribution < 1.29 is 8.78 Å². The highest BCUT2D eigenvalue weighted by Crippen LogP contribution is 2.43. The number of hydrogen-bond donors (Lipinski definition) is 4. The highest BCUT2D eigenvalue weighted by molar-refractivity contribution is 6.30. The van der Waals surface area contributed by atoms with Gasteiger partial charge in [-0.2, -0.15) is 0 Å². The molecule has 0 aliphatic carbocycles. The maximum atomic E-state index is 16.5. The molecular formula is C29H48ClF2N9. The van der Waals surface area contributed by atoms with Crippen molar-refractivity contribution in [2.24, 2.45) is 31.2 Å². The van der Waals surface area contributed by atoms with E-state index >= 15 is 8.78 Å². The van der Waals surface area contributed by atoms with Crippen LogP contribution in [-0.4, -0.2) is 81.0 Å². The molecule has 3 aliphatic rings. The minimum Gasteiger partial charge on any atom is -0.349 e. The fourth-order valence-electron chi connectivity index (χ4n) is 5.24. The van der Waals surface area contributed by atoms with E-state index in [2.05, 4.69) is 31.3 Å². The van der Waals surface area contributed by atoms with Crippen LogP contribution in [0.15, 0.2) is 49.3 Å². The topological polar surface area (TPSA) is 91.7 Å². The number of halogens is 3. The fourth-order valence-corrected chi connectivity index (χ4v) is 5.63. The number of guanidine groups is 3. The quantitative estimate of drug-likeness (QED) is 0.358. The van der Waals surface area contributed by atoms with Crippen molar-refractivity contribution in [2.75, 3.05) is 35.2 Å². The molecule has 0 amide bonds. The van der Waals surface area contributed by atoms with E-state index in [9.17, 15) is 0 Å². The second-order valence-corrected chi connectivity index (χ2v) is 14.4. The van der Waals surface area contributed by atoms with Crippen LogP contribution in [0.3, 0.4) is 0 Å². The molecule has 12 heteroatoms. The number of nitrogens with zero attached hydrogens (tertiary/aromatic N) is 5. The monoisotopic (exact) mass is 595 g/mol. The summed E-state index contributed by atoms with van der Waals surface area (Å²) in [5.41, 5.74) is -0.978. The van der Waals surface area contributed by atoms with Crippen molar-refractivity contribution in [3.63, 3.8) is 0 Å². The zero-order valence-electron chi connectivity index (χ0n) is 26.6. The van der Waals surface area contributed by atoms with Gasteiger partial charge >= 0.3 is 0 Å². The molecule has 3 rings (SSSR count). The normalized spacial score (nSPS) is 25.0. The van der Waals surface area contributed by atoms with Crippen LogP contribution in [-0.2, 0) is 0 Å². The third kappa shape index (κ3) is 7.16. The van der Waals surface area contributed by atoms with E-state index in [1.165, 1.54) is 0 Å². The molecule has 0 spiro atoms. The Balaban J connectivity index is 2.00. The van der Waals surface area contributed by atoms with Crippen molar-refractivity contribution in [1.82, 2.24) is 31.1 Å². The smallest absolute Gasteiger partial charge is 0.198 e. The first-order valence-electron chi connectivity index (χ1n) is 14.0. The minimum atomic E-state index is -0.754. The van der Waals surface area contributed by atoms with Crippen LogP contribution in [0.25, 0.3) is 0 Å². The van der Waals surface area contributed by atoms with Crippen LogP contribution >= 0.6 is 11.6 Å². The highest BCUT2D eigenvalue weighted by atomic mass is 35.5. The Labute approximate surface area is 249 Å². The van der Waals surface area contributed by atoms with Gasteiger partial charge < -0.3 is 31.1 Å². The summed E-state index contributed by atoms with van der Waals surface area (Å²) in [6.07, 6.45) is 2.27. The molecule has 0 aromatic rings. The van der Waals surface area contributed by atoms with Gasteiger partial charge in [-0.25, -0.2) is 18.8 Å². The van der Waals surface area contributed by atoms with Crippen molar-refractivity contribution in [2.45, 2.75) is 79.4 Å². The first-order chi connectivity index (χ1) is 18.8. The second-order valence-electron chi connectivity index (χ2n) is 13.9. The van der Waals surface area contributed by atoms with E-state index in [4.69, 9.17) is 16.6 Å². The minimum absolute atomic E-state index is 0.244. The molecule has 0 saturated heterocycles. The van der Waals surface area contributed by atoms with Crippen LogP contribution < -0.4 is 21.3 Å². The van der Waals surface area contributed by atoms with Gasteiger partial charge in [-0.15, -0.1) is 0 Å². The summed E-state index contributed by atoms with van der Waals surface area (Å²) in [5.74, 6) is 1.05. The fraction of sp³-hybridized carbons (Fsp3) is 0.690. The summed E-state index contributed by atoms with van der Waals surface area (Å²) in [7, 11) is 9.15. The molecule has 0 saturated carbocycles. The Kier molecular flexibility index (Phi) is 9.42. The lowest BCUT2D eigenvalue weighted by molar-refractivity contribution is 0.230. The standard InChI is InChI=1S/C29H48ClF2N9/c1-27(2,3)22-19(31)17(35-24(33-8)37-22)13-29(6,7)23-20(32)18(36-26(39-23)41(11)12)14-28(4,5)21-16(30)15-34-25(38-21)40(9)10/h15,21-23H,13-14H2,1-12H3,(H,34,38)(H,36,39)(H2,33,35,37). The van der Waals surface area contributed by atoms with E-state index in [1.54, 1.807) is 13.2 Å². The Bertz CT molecular complexity index is 1200. The molecule has 3 heterocycles. The molecular weight excluding hydrogens is 548 g/mol. The largest absolute Gasteiger partial charge is 0.349 e. The number of hydrogen-bond acceptors (Lipinski definition) is 7. The maximum Gasteiger partial charge on any atom is 0.198 e. The predicted octanol–water partition coefficient (Wildman–Crippen LogP) is 4.63. The summed E-state index contributed by atoms with van der Waals surface area (Å²) in [6.45, 7) is 13.8. The van der Waals surface area contributed by atoms with E-state index < -0.39 is 28.3 Å². The predicted molar refractivity (Wildman–Crippen MR) is 166 cm³/mol. The molecule has 0 aromatic heterocycles. The van der Waals surface area contributed by atoms with Gasteiger partial charge in [0.05, 0.1) is 34.6 Å².